The van der Waals surface area contributed by atoms with E-state index in [4.69, 9.17) is 4.74 Å². The van der Waals surface area contributed by atoms with Crippen LogP contribution in [0.5, 0.6) is 5.75 Å². The lowest BCUT2D eigenvalue weighted by Crippen LogP contribution is -2.54. The summed E-state index contributed by atoms with van der Waals surface area (Å²) in [7, 11) is 1.38. The molecule has 0 atom stereocenters. The summed E-state index contributed by atoms with van der Waals surface area (Å²) in [6.07, 6.45) is 3.07. The van der Waals surface area contributed by atoms with Gasteiger partial charge < -0.3 is 10.1 Å². The smallest absolute Gasteiger partial charge is 0.251 e. The van der Waals surface area contributed by atoms with Crippen molar-refractivity contribution < 1.29 is 13.9 Å². The Bertz CT molecular complexity index is 455. The zero-order valence-corrected chi connectivity index (χ0v) is 11.7. The van der Waals surface area contributed by atoms with Gasteiger partial charge in [0.25, 0.3) is 5.91 Å². The number of hydrogen-bond donors (Lipinski definition) is 1. The minimum Gasteiger partial charge on any atom is -0.494 e. The first-order chi connectivity index (χ1) is 8.60. The molecule has 1 aliphatic carbocycles. The Hall–Kier alpha value is -1.10. The first kappa shape index (κ1) is 13.3. The highest BCUT2D eigenvalue weighted by atomic mass is 79.9. The van der Waals surface area contributed by atoms with Crippen molar-refractivity contribution >= 4 is 21.8 Å². The van der Waals surface area contributed by atoms with Crippen LogP contribution in [0.4, 0.5) is 4.39 Å². The van der Waals surface area contributed by atoms with E-state index in [1.54, 1.807) is 0 Å². The molecule has 0 saturated heterocycles. The van der Waals surface area contributed by atoms with Gasteiger partial charge in [0.1, 0.15) is 0 Å². The average molecular weight is 316 g/mol. The van der Waals surface area contributed by atoms with Crippen LogP contribution in [0.25, 0.3) is 0 Å². The first-order valence-electron chi connectivity index (χ1n) is 5.82. The topological polar surface area (TPSA) is 38.3 Å². The Morgan fingerprint density at radius 2 is 2.28 bits per heavy atom. The summed E-state index contributed by atoms with van der Waals surface area (Å²) in [6, 6.07) is 4.13. The molecule has 18 heavy (non-hydrogen) atoms. The van der Waals surface area contributed by atoms with Gasteiger partial charge in [-0.25, -0.2) is 4.39 Å². The predicted octanol–water partition coefficient (Wildman–Crippen LogP) is 2.88. The Labute approximate surface area is 114 Å². The standard InChI is InChI=1S/C13H15BrFNO2/c1-18-11-7-9(3-4-10(11)15)12(17)16-13(8-14)5-2-6-13/h3-4,7H,2,5-6,8H2,1H3,(H,16,17). The maximum absolute atomic E-state index is 13.3. The van der Waals surface area contributed by atoms with E-state index in [2.05, 4.69) is 21.2 Å². The van der Waals surface area contributed by atoms with Crippen molar-refractivity contribution in [2.45, 2.75) is 24.8 Å². The van der Waals surface area contributed by atoms with Crippen LogP contribution in [-0.4, -0.2) is 23.9 Å². The lowest BCUT2D eigenvalue weighted by molar-refractivity contribution is 0.0856. The van der Waals surface area contributed by atoms with Crippen molar-refractivity contribution in [3.8, 4) is 5.75 Å². The molecule has 5 heteroatoms. The van der Waals surface area contributed by atoms with Crippen LogP contribution in [0.15, 0.2) is 18.2 Å². The van der Waals surface area contributed by atoms with Crippen LogP contribution in [0, 0.1) is 5.82 Å². The summed E-state index contributed by atoms with van der Waals surface area (Å²) >= 11 is 3.42. The minimum atomic E-state index is -0.465. The van der Waals surface area contributed by atoms with Crippen LogP contribution in [0.2, 0.25) is 0 Å². The van der Waals surface area contributed by atoms with Gasteiger partial charge in [-0.1, -0.05) is 15.9 Å². The minimum absolute atomic E-state index is 0.0872. The second kappa shape index (κ2) is 5.26. The van der Waals surface area contributed by atoms with Crippen LogP contribution < -0.4 is 10.1 Å². The van der Waals surface area contributed by atoms with E-state index in [9.17, 15) is 9.18 Å². The fraction of sp³-hybridized carbons (Fsp3) is 0.462. The van der Waals surface area contributed by atoms with E-state index in [1.165, 1.54) is 25.3 Å². The summed E-state index contributed by atoms with van der Waals surface area (Å²) in [5.41, 5.74) is 0.277. The Kier molecular flexibility index (Phi) is 3.90. The molecular formula is C13H15BrFNO2. The first-order valence-corrected chi connectivity index (χ1v) is 6.94. The summed E-state index contributed by atoms with van der Waals surface area (Å²) in [5.74, 6) is -0.565. The maximum Gasteiger partial charge on any atom is 0.251 e. The molecule has 0 aliphatic heterocycles. The monoisotopic (exact) mass is 315 g/mol. The summed E-state index contributed by atoms with van der Waals surface area (Å²) < 4.78 is 18.1. The average Bonchev–Trinajstić information content (AvgIpc) is 2.34. The fourth-order valence-corrected chi connectivity index (χ4v) is 2.71. The number of rotatable bonds is 4. The van der Waals surface area contributed by atoms with E-state index < -0.39 is 5.82 Å². The number of halogens is 2. The number of ether oxygens (including phenoxy) is 1. The van der Waals surface area contributed by atoms with Gasteiger partial charge in [-0.2, -0.15) is 0 Å². The van der Waals surface area contributed by atoms with Gasteiger partial charge in [-0.15, -0.1) is 0 Å². The molecule has 1 aromatic carbocycles. The second-order valence-electron chi connectivity index (χ2n) is 4.57. The van der Waals surface area contributed by atoms with Crippen LogP contribution >= 0.6 is 15.9 Å². The third kappa shape index (κ3) is 2.51. The molecule has 0 bridgehead atoms. The molecule has 1 amide bonds. The quantitative estimate of drug-likeness (QED) is 0.868. The van der Waals surface area contributed by atoms with E-state index in [0.717, 1.165) is 24.6 Å². The van der Waals surface area contributed by atoms with Crippen molar-refractivity contribution in [1.82, 2.24) is 5.32 Å². The van der Waals surface area contributed by atoms with Gasteiger partial charge in [0, 0.05) is 10.9 Å². The number of alkyl halides is 1. The lowest BCUT2D eigenvalue weighted by atomic mass is 9.78. The normalized spacial score (nSPS) is 16.8. The third-order valence-electron chi connectivity index (χ3n) is 3.36. The van der Waals surface area contributed by atoms with Gasteiger partial charge in [-0.05, 0) is 37.5 Å². The molecule has 0 radical (unpaired) electrons. The molecule has 1 aromatic rings. The van der Waals surface area contributed by atoms with Gasteiger partial charge in [0.2, 0.25) is 0 Å². The highest BCUT2D eigenvalue weighted by Crippen LogP contribution is 2.33. The number of carbonyl (C=O) groups is 1. The summed E-state index contributed by atoms with van der Waals surface area (Å²) in [5, 5.41) is 3.74. The van der Waals surface area contributed by atoms with E-state index >= 15 is 0 Å². The van der Waals surface area contributed by atoms with Crippen LogP contribution in [-0.2, 0) is 0 Å². The molecule has 1 aliphatic rings. The van der Waals surface area contributed by atoms with Crippen molar-refractivity contribution in [3.05, 3.63) is 29.6 Å². The van der Waals surface area contributed by atoms with E-state index in [-0.39, 0.29) is 17.2 Å². The molecule has 1 saturated carbocycles. The van der Waals surface area contributed by atoms with Crippen molar-refractivity contribution in [3.63, 3.8) is 0 Å². The van der Waals surface area contributed by atoms with Crippen LogP contribution in [0.3, 0.4) is 0 Å². The molecule has 0 unspecified atom stereocenters. The van der Waals surface area contributed by atoms with Crippen molar-refractivity contribution in [1.29, 1.82) is 0 Å². The second-order valence-corrected chi connectivity index (χ2v) is 5.13. The molecule has 1 fully saturated rings. The molecule has 1 N–H and O–H groups in total. The Morgan fingerprint density at radius 1 is 1.56 bits per heavy atom. The number of methoxy groups -OCH3 is 1. The largest absolute Gasteiger partial charge is 0.494 e. The summed E-state index contributed by atoms with van der Waals surface area (Å²) in [6.45, 7) is 0. The number of nitrogens with one attached hydrogen (secondary N) is 1. The van der Waals surface area contributed by atoms with E-state index in [0.29, 0.717) is 5.56 Å². The van der Waals surface area contributed by atoms with Gasteiger partial charge in [0.15, 0.2) is 11.6 Å². The molecule has 3 nitrogen and oxygen atoms in total. The SMILES string of the molecule is COc1cc(C(=O)NC2(CBr)CCC2)ccc1F. The third-order valence-corrected chi connectivity index (χ3v) is 4.43. The summed E-state index contributed by atoms with van der Waals surface area (Å²) in [4.78, 5) is 12.1. The highest BCUT2D eigenvalue weighted by molar-refractivity contribution is 9.09. The molecule has 2 rings (SSSR count). The molecular weight excluding hydrogens is 301 g/mol. The predicted molar refractivity (Wildman–Crippen MR) is 70.8 cm³/mol. The van der Waals surface area contributed by atoms with E-state index in [1.807, 2.05) is 0 Å². The lowest BCUT2D eigenvalue weighted by Gasteiger charge is -2.41. The molecule has 0 heterocycles. The molecule has 0 aromatic heterocycles. The number of benzene rings is 1. The number of hydrogen-bond acceptors (Lipinski definition) is 2. The zero-order chi connectivity index (χ0) is 13.2. The zero-order valence-electron chi connectivity index (χ0n) is 10.1. The Balaban J connectivity index is 2.13. The van der Waals surface area contributed by atoms with Crippen molar-refractivity contribution in [2.24, 2.45) is 0 Å². The molecule has 98 valence electrons. The van der Waals surface area contributed by atoms with Gasteiger partial charge in [0.05, 0.1) is 12.6 Å². The Morgan fingerprint density at radius 3 is 2.78 bits per heavy atom. The highest BCUT2D eigenvalue weighted by Gasteiger charge is 2.37. The fourth-order valence-electron chi connectivity index (χ4n) is 2.01. The number of amides is 1. The number of carbonyl (C=O) groups excluding carboxylic acids is 1. The maximum atomic E-state index is 13.3. The molecule has 0 spiro atoms. The van der Waals surface area contributed by atoms with Gasteiger partial charge >= 0.3 is 0 Å². The van der Waals surface area contributed by atoms with Gasteiger partial charge in [-0.3, -0.25) is 4.79 Å². The van der Waals surface area contributed by atoms with Crippen molar-refractivity contribution in [2.75, 3.05) is 12.4 Å². The van der Waals surface area contributed by atoms with Crippen LogP contribution in [0.1, 0.15) is 29.6 Å².